The first kappa shape index (κ1) is 25.5. The molecule has 10 heteroatoms. The normalized spacial score (nSPS) is 19.1. The highest BCUT2D eigenvalue weighted by Gasteiger charge is 2.45. The predicted molar refractivity (Wildman–Crippen MR) is 106 cm³/mol. The number of imide groups is 1. The third kappa shape index (κ3) is 7.08. The summed E-state index contributed by atoms with van der Waals surface area (Å²) >= 11 is 0. The Morgan fingerprint density at radius 2 is 1.70 bits per heavy atom. The average Bonchev–Trinajstić information content (AvgIpc) is 2.83. The van der Waals surface area contributed by atoms with E-state index in [1.165, 1.54) is 0 Å². The maximum atomic E-state index is 12.9. The van der Waals surface area contributed by atoms with Gasteiger partial charge in [0.05, 0.1) is 6.04 Å². The van der Waals surface area contributed by atoms with E-state index < -0.39 is 59.6 Å². The van der Waals surface area contributed by atoms with Crippen LogP contribution in [0.2, 0.25) is 0 Å². The first-order valence-electron chi connectivity index (χ1n) is 10.0. The van der Waals surface area contributed by atoms with Crippen LogP contribution in [-0.4, -0.2) is 57.6 Å². The Labute approximate surface area is 176 Å². The van der Waals surface area contributed by atoms with Crippen LogP contribution in [-0.2, 0) is 23.9 Å². The fourth-order valence-corrected chi connectivity index (χ4v) is 3.03. The molecule has 1 unspecified atom stereocenters. The molecular formula is C20H33N3O7. The summed E-state index contributed by atoms with van der Waals surface area (Å²) in [7, 11) is 0. The van der Waals surface area contributed by atoms with Crippen molar-refractivity contribution in [2.45, 2.75) is 79.0 Å². The number of hydrogen-bond acceptors (Lipinski definition) is 7. The van der Waals surface area contributed by atoms with Gasteiger partial charge in [0.1, 0.15) is 17.6 Å². The predicted octanol–water partition coefficient (Wildman–Crippen LogP) is 1.40. The van der Waals surface area contributed by atoms with Gasteiger partial charge in [0.15, 0.2) is 5.78 Å². The molecule has 10 nitrogen and oxygen atoms in total. The fraction of sp³-hybridized carbons (Fsp3) is 0.750. The van der Waals surface area contributed by atoms with Crippen LogP contribution in [0.5, 0.6) is 0 Å². The second-order valence-electron chi connectivity index (χ2n) is 9.26. The minimum atomic E-state index is -1.34. The second-order valence-corrected chi connectivity index (χ2v) is 9.26. The maximum Gasteiger partial charge on any atom is 0.408 e. The molecule has 1 aliphatic heterocycles. The number of hydroxylamine groups is 2. The van der Waals surface area contributed by atoms with Crippen molar-refractivity contribution in [3.8, 4) is 0 Å². The van der Waals surface area contributed by atoms with Gasteiger partial charge in [0.25, 0.3) is 11.8 Å². The number of carbonyl (C=O) groups is 5. The Kier molecular flexibility index (Phi) is 8.53. The third-order valence-electron chi connectivity index (χ3n) is 4.45. The number of amides is 4. The molecule has 30 heavy (non-hydrogen) atoms. The molecule has 1 heterocycles. The van der Waals surface area contributed by atoms with Crippen LogP contribution in [0.4, 0.5) is 4.79 Å². The van der Waals surface area contributed by atoms with E-state index in [1.807, 2.05) is 13.8 Å². The van der Waals surface area contributed by atoms with E-state index in [-0.39, 0.29) is 23.3 Å². The highest BCUT2D eigenvalue weighted by Crippen LogP contribution is 2.22. The van der Waals surface area contributed by atoms with Crippen molar-refractivity contribution in [1.29, 1.82) is 0 Å². The lowest BCUT2D eigenvalue weighted by molar-refractivity contribution is -0.172. The Morgan fingerprint density at radius 3 is 2.10 bits per heavy atom. The molecule has 170 valence electrons. The lowest BCUT2D eigenvalue weighted by Gasteiger charge is -2.28. The number of alkyl carbamates (subject to hydrolysis) is 1. The van der Waals surface area contributed by atoms with Crippen LogP contribution in [0.25, 0.3) is 0 Å². The van der Waals surface area contributed by atoms with E-state index in [0.717, 1.165) is 0 Å². The standard InChI is InChI=1S/C20H33N3O7/c1-10(2)8-13(16(25)12-9-14(24)23(29)18(12)27)21-17(26)15(11(3)4)22-19(28)30-20(5,6)7/h10-13,15,29H,8-9H2,1-7H3,(H,21,26)(H,22,28)/t12?,13-,15-/m0/s1. The molecule has 0 spiro atoms. The number of nitrogens with one attached hydrogen (secondary N) is 2. The van der Waals surface area contributed by atoms with Gasteiger partial charge in [-0.05, 0) is 39.0 Å². The van der Waals surface area contributed by atoms with Gasteiger partial charge in [-0.15, -0.1) is 0 Å². The van der Waals surface area contributed by atoms with Crippen LogP contribution in [0, 0.1) is 17.8 Å². The molecule has 1 saturated heterocycles. The van der Waals surface area contributed by atoms with Gasteiger partial charge >= 0.3 is 6.09 Å². The number of ether oxygens (including phenoxy) is 1. The third-order valence-corrected chi connectivity index (χ3v) is 4.45. The van der Waals surface area contributed by atoms with Gasteiger partial charge in [-0.25, -0.2) is 4.79 Å². The second kappa shape index (κ2) is 10.0. The van der Waals surface area contributed by atoms with Crippen LogP contribution >= 0.6 is 0 Å². The summed E-state index contributed by atoms with van der Waals surface area (Å²) in [4.78, 5) is 61.4. The van der Waals surface area contributed by atoms with Crippen LogP contribution in [0.15, 0.2) is 0 Å². The molecule has 1 fully saturated rings. The molecule has 3 N–H and O–H groups in total. The molecule has 0 radical (unpaired) electrons. The molecule has 0 aromatic rings. The quantitative estimate of drug-likeness (QED) is 0.302. The number of ketones is 1. The summed E-state index contributed by atoms with van der Waals surface area (Å²) in [5.41, 5.74) is -0.746. The van der Waals surface area contributed by atoms with Crippen molar-refractivity contribution < 1.29 is 33.9 Å². The van der Waals surface area contributed by atoms with Gasteiger partial charge in [-0.2, -0.15) is 5.06 Å². The molecule has 1 aliphatic rings. The molecular weight excluding hydrogens is 394 g/mol. The number of nitrogens with zero attached hydrogens (tertiary/aromatic N) is 1. The summed E-state index contributed by atoms with van der Waals surface area (Å²) in [5.74, 6) is -4.77. The van der Waals surface area contributed by atoms with Crippen LogP contribution in [0.1, 0.15) is 61.3 Å². The van der Waals surface area contributed by atoms with E-state index in [0.29, 0.717) is 0 Å². The first-order valence-corrected chi connectivity index (χ1v) is 10.0. The smallest absolute Gasteiger partial charge is 0.408 e. The van der Waals surface area contributed by atoms with E-state index in [2.05, 4.69) is 10.6 Å². The highest BCUT2D eigenvalue weighted by atomic mass is 16.6. The van der Waals surface area contributed by atoms with Crippen molar-refractivity contribution in [3.05, 3.63) is 0 Å². The number of carbonyl (C=O) groups excluding carboxylic acids is 5. The molecule has 0 aliphatic carbocycles. The first-order chi connectivity index (χ1) is 13.6. The van der Waals surface area contributed by atoms with Gasteiger partial charge in [0.2, 0.25) is 5.91 Å². The summed E-state index contributed by atoms with van der Waals surface area (Å²) in [6.45, 7) is 12.2. The molecule has 3 atom stereocenters. The summed E-state index contributed by atoms with van der Waals surface area (Å²) in [6.07, 6.45) is -0.983. The Morgan fingerprint density at radius 1 is 1.13 bits per heavy atom. The van der Waals surface area contributed by atoms with Gasteiger partial charge in [0, 0.05) is 6.42 Å². The van der Waals surface area contributed by atoms with Gasteiger partial charge in [-0.1, -0.05) is 27.7 Å². The van der Waals surface area contributed by atoms with Gasteiger partial charge < -0.3 is 15.4 Å². The van der Waals surface area contributed by atoms with Crippen molar-refractivity contribution >= 4 is 29.6 Å². The van der Waals surface area contributed by atoms with E-state index in [4.69, 9.17) is 4.74 Å². The minimum absolute atomic E-state index is 0.00648. The highest BCUT2D eigenvalue weighted by molar-refractivity contribution is 6.15. The number of Topliss-reactive ketones (excluding diaryl/α,β-unsaturated/α-hetero) is 1. The lowest BCUT2D eigenvalue weighted by atomic mass is 9.90. The topological polar surface area (TPSA) is 142 Å². The molecule has 1 rings (SSSR count). The average molecular weight is 427 g/mol. The summed E-state index contributed by atoms with van der Waals surface area (Å²) in [5, 5.41) is 14.5. The van der Waals surface area contributed by atoms with Crippen LogP contribution < -0.4 is 10.6 Å². The van der Waals surface area contributed by atoms with Crippen molar-refractivity contribution in [3.63, 3.8) is 0 Å². The fourth-order valence-electron chi connectivity index (χ4n) is 3.03. The van der Waals surface area contributed by atoms with Gasteiger partial charge in [-0.3, -0.25) is 24.4 Å². The molecule has 0 aromatic carbocycles. The largest absolute Gasteiger partial charge is 0.444 e. The monoisotopic (exact) mass is 427 g/mol. The Bertz CT molecular complexity index is 697. The Hall–Kier alpha value is -2.49. The zero-order chi connectivity index (χ0) is 23.4. The van der Waals surface area contributed by atoms with Crippen molar-refractivity contribution in [2.24, 2.45) is 17.8 Å². The van der Waals surface area contributed by atoms with Crippen LogP contribution in [0.3, 0.4) is 0 Å². The van der Waals surface area contributed by atoms with E-state index in [9.17, 15) is 29.2 Å². The van der Waals surface area contributed by atoms with Crippen molar-refractivity contribution in [1.82, 2.24) is 15.7 Å². The zero-order valence-corrected chi connectivity index (χ0v) is 18.6. The summed E-state index contributed by atoms with van der Waals surface area (Å²) in [6, 6.07) is -2.02. The molecule has 4 amide bonds. The molecule has 0 aromatic heterocycles. The molecule has 0 saturated carbocycles. The lowest BCUT2D eigenvalue weighted by Crippen LogP contribution is -2.55. The SMILES string of the molecule is CC(C)C[C@H](NC(=O)[C@@H](NC(=O)OC(C)(C)C)C(C)C)C(=O)C1CC(=O)N(O)C1=O. The number of rotatable bonds is 8. The molecule has 0 bridgehead atoms. The minimum Gasteiger partial charge on any atom is -0.444 e. The van der Waals surface area contributed by atoms with Crippen molar-refractivity contribution in [2.75, 3.05) is 0 Å². The maximum absolute atomic E-state index is 12.9. The summed E-state index contributed by atoms with van der Waals surface area (Å²) < 4.78 is 5.19. The van der Waals surface area contributed by atoms with E-state index >= 15 is 0 Å². The zero-order valence-electron chi connectivity index (χ0n) is 18.6. The van der Waals surface area contributed by atoms with E-state index in [1.54, 1.807) is 34.6 Å². The Balaban J connectivity index is 2.97. The number of hydrogen-bond donors (Lipinski definition) is 3.